The number of anilines is 1. The molecule has 0 aliphatic carbocycles. The maximum Gasteiger partial charge on any atom is 0.206 e. The van der Waals surface area contributed by atoms with E-state index in [1.165, 1.54) is 37.3 Å². The van der Waals surface area contributed by atoms with Crippen LogP contribution in [0.15, 0.2) is 70.5 Å². The highest BCUT2D eigenvalue weighted by atomic mass is 35.5. The molecule has 1 unspecified atom stereocenters. The number of hydrogen-bond acceptors (Lipinski definition) is 5. The van der Waals surface area contributed by atoms with E-state index in [4.69, 9.17) is 23.2 Å². The van der Waals surface area contributed by atoms with Crippen molar-refractivity contribution in [1.82, 2.24) is 0 Å². The molecule has 152 valence electrons. The van der Waals surface area contributed by atoms with Crippen LogP contribution >= 0.6 is 23.2 Å². The van der Waals surface area contributed by atoms with Gasteiger partial charge >= 0.3 is 0 Å². The summed E-state index contributed by atoms with van der Waals surface area (Å²) in [4.78, 5) is 0.328. The summed E-state index contributed by atoms with van der Waals surface area (Å²) in [6.45, 7) is 1.71. The Morgan fingerprint density at radius 3 is 2.34 bits per heavy atom. The van der Waals surface area contributed by atoms with E-state index in [-0.39, 0.29) is 32.7 Å². The second-order valence-electron chi connectivity index (χ2n) is 6.49. The van der Waals surface area contributed by atoms with Crippen molar-refractivity contribution in [1.29, 1.82) is 0 Å². The Bertz CT molecular complexity index is 1130. The fourth-order valence-electron chi connectivity index (χ4n) is 2.89. The number of nitrogens with one attached hydrogen (secondary N) is 1. The number of rotatable bonds is 6. The minimum atomic E-state index is -3.73. The monoisotopic (exact) mass is 451 g/mol. The summed E-state index contributed by atoms with van der Waals surface area (Å²) in [5.74, 6) is -0.182. The molecule has 0 amide bonds. The van der Waals surface area contributed by atoms with E-state index in [1.807, 2.05) is 0 Å². The lowest BCUT2D eigenvalue weighted by atomic mass is 10.1. The normalized spacial score (nSPS) is 12.6. The molecule has 5 nitrogen and oxygen atoms in total. The van der Waals surface area contributed by atoms with Crippen molar-refractivity contribution in [3.05, 3.63) is 81.8 Å². The number of aromatic hydroxyl groups is 1. The van der Waals surface area contributed by atoms with Crippen LogP contribution < -0.4 is 5.32 Å². The Morgan fingerprint density at radius 2 is 1.69 bits per heavy atom. The molecular formula is C21H19Cl2NO4S. The summed E-state index contributed by atoms with van der Waals surface area (Å²) in [7, 11) is -3.73. The SMILES string of the molecule is CC(O)c1cc(NCc2ccccc2S(=O)(=O)c2ccc(Cl)cc2)cc(Cl)c1O. The van der Waals surface area contributed by atoms with Crippen LogP contribution in [0.4, 0.5) is 5.69 Å². The van der Waals surface area contributed by atoms with Crippen molar-refractivity contribution in [3.63, 3.8) is 0 Å². The molecule has 29 heavy (non-hydrogen) atoms. The zero-order valence-corrected chi connectivity index (χ0v) is 17.8. The van der Waals surface area contributed by atoms with Gasteiger partial charge in [-0.1, -0.05) is 41.4 Å². The van der Waals surface area contributed by atoms with Gasteiger partial charge in [-0.2, -0.15) is 0 Å². The standard InChI is InChI=1S/C21H19Cl2NO4S/c1-13(25)18-10-16(11-19(23)21(18)26)24-12-14-4-2-3-5-20(14)29(27,28)17-8-6-15(22)7-9-17/h2-11,13,24-26H,12H2,1H3. The first kappa shape index (κ1) is 21.5. The van der Waals surface area contributed by atoms with Crippen molar-refractivity contribution in [3.8, 4) is 5.75 Å². The lowest BCUT2D eigenvalue weighted by Gasteiger charge is -2.15. The topological polar surface area (TPSA) is 86.6 Å². The Hall–Kier alpha value is -2.25. The molecule has 0 bridgehead atoms. The van der Waals surface area contributed by atoms with Gasteiger partial charge in [0.05, 0.1) is 20.9 Å². The van der Waals surface area contributed by atoms with Gasteiger partial charge < -0.3 is 15.5 Å². The number of phenols is 1. The highest BCUT2D eigenvalue weighted by Crippen LogP contribution is 2.35. The molecule has 1 atom stereocenters. The molecule has 8 heteroatoms. The van der Waals surface area contributed by atoms with Gasteiger partial charge in [-0.15, -0.1) is 0 Å². The first-order valence-corrected chi connectivity index (χ1v) is 11.0. The Kier molecular flexibility index (Phi) is 6.39. The molecule has 0 aromatic heterocycles. The van der Waals surface area contributed by atoms with Gasteiger partial charge in [0.25, 0.3) is 0 Å². The van der Waals surface area contributed by atoms with Crippen molar-refractivity contribution in [2.24, 2.45) is 0 Å². The van der Waals surface area contributed by atoms with Gasteiger partial charge in [0.1, 0.15) is 5.75 Å². The van der Waals surface area contributed by atoms with Crippen LogP contribution in [-0.2, 0) is 16.4 Å². The molecule has 0 fully saturated rings. The number of halogens is 2. The molecule has 3 rings (SSSR count). The Balaban J connectivity index is 1.92. The van der Waals surface area contributed by atoms with Crippen LogP contribution in [0.2, 0.25) is 10.0 Å². The van der Waals surface area contributed by atoms with Crippen molar-refractivity contribution in [2.75, 3.05) is 5.32 Å². The van der Waals surface area contributed by atoms with Gasteiger partial charge in [0, 0.05) is 22.8 Å². The van der Waals surface area contributed by atoms with E-state index >= 15 is 0 Å². The summed E-state index contributed by atoms with van der Waals surface area (Å²) >= 11 is 11.9. The van der Waals surface area contributed by atoms with E-state index < -0.39 is 15.9 Å². The van der Waals surface area contributed by atoms with Crippen molar-refractivity contribution >= 4 is 38.7 Å². The van der Waals surface area contributed by atoms with Crippen molar-refractivity contribution < 1.29 is 18.6 Å². The summed E-state index contributed by atoms with van der Waals surface area (Å²) in [5.41, 5.74) is 1.38. The van der Waals surface area contributed by atoms with E-state index in [2.05, 4.69) is 5.32 Å². The largest absolute Gasteiger partial charge is 0.506 e. The van der Waals surface area contributed by atoms with E-state index in [0.29, 0.717) is 16.3 Å². The van der Waals surface area contributed by atoms with Crippen LogP contribution in [0.5, 0.6) is 5.75 Å². The summed E-state index contributed by atoms with van der Waals surface area (Å²) in [6, 6.07) is 15.8. The van der Waals surface area contributed by atoms with Crippen LogP contribution in [0.3, 0.4) is 0 Å². The van der Waals surface area contributed by atoms with Crippen molar-refractivity contribution in [2.45, 2.75) is 29.4 Å². The minimum Gasteiger partial charge on any atom is -0.506 e. The predicted molar refractivity (Wildman–Crippen MR) is 114 cm³/mol. The Labute approximate surface area is 179 Å². The number of hydrogen-bond donors (Lipinski definition) is 3. The zero-order chi connectivity index (χ0) is 21.2. The smallest absolute Gasteiger partial charge is 0.206 e. The summed E-state index contributed by atoms with van der Waals surface area (Å²) in [5, 5.41) is 23.4. The van der Waals surface area contributed by atoms with Gasteiger partial charge in [-0.25, -0.2) is 8.42 Å². The number of phenolic OH excluding ortho intramolecular Hbond substituents is 1. The summed E-state index contributed by atoms with van der Waals surface area (Å²) in [6.07, 6.45) is -0.910. The fourth-order valence-corrected chi connectivity index (χ4v) is 4.73. The van der Waals surface area contributed by atoms with Gasteiger partial charge in [-0.05, 0) is 55.0 Å². The minimum absolute atomic E-state index is 0.0907. The predicted octanol–water partition coefficient (Wildman–Crippen LogP) is 5.20. The number of aliphatic hydroxyl groups excluding tert-OH is 1. The zero-order valence-electron chi connectivity index (χ0n) is 15.4. The van der Waals surface area contributed by atoms with E-state index in [0.717, 1.165) is 0 Å². The van der Waals surface area contributed by atoms with Crippen LogP contribution in [0.1, 0.15) is 24.2 Å². The molecule has 0 saturated heterocycles. The fraction of sp³-hybridized carbons (Fsp3) is 0.143. The second-order valence-corrected chi connectivity index (χ2v) is 9.25. The highest BCUT2D eigenvalue weighted by Gasteiger charge is 2.21. The third-order valence-corrected chi connectivity index (χ3v) is 6.82. The van der Waals surface area contributed by atoms with E-state index in [9.17, 15) is 18.6 Å². The molecule has 3 N–H and O–H groups in total. The molecule has 0 radical (unpaired) electrons. The van der Waals surface area contributed by atoms with Crippen LogP contribution in [-0.4, -0.2) is 18.6 Å². The van der Waals surface area contributed by atoms with Gasteiger partial charge in [0.15, 0.2) is 0 Å². The third-order valence-electron chi connectivity index (χ3n) is 4.41. The molecule has 0 spiro atoms. The van der Waals surface area contributed by atoms with Crippen LogP contribution in [0.25, 0.3) is 0 Å². The molecular weight excluding hydrogens is 433 g/mol. The maximum atomic E-state index is 13.1. The lowest BCUT2D eigenvalue weighted by Crippen LogP contribution is -2.09. The summed E-state index contributed by atoms with van der Waals surface area (Å²) < 4.78 is 26.1. The third kappa shape index (κ3) is 4.67. The van der Waals surface area contributed by atoms with Crippen LogP contribution in [0, 0.1) is 0 Å². The number of aliphatic hydroxyl groups is 1. The molecule has 3 aromatic carbocycles. The molecule has 0 saturated carbocycles. The Morgan fingerprint density at radius 1 is 1.03 bits per heavy atom. The quantitative estimate of drug-likeness (QED) is 0.448. The average Bonchev–Trinajstić information content (AvgIpc) is 2.69. The maximum absolute atomic E-state index is 13.1. The first-order chi connectivity index (χ1) is 13.7. The molecule has 0 aliphatic rings. The first-order valence-electron chi connectivity index (χ1n) is 8.73. The lowest BCUT2D eigenvalue weighted by molar-refractivity contribution is 0.195. The van der Waals surface area contributed by atoms with Gasteiger partial charge in [-0.3, -0.25) is 0 Å². The second kappa shape index (κ2) is 8.63. The highest BCUT2D eigenvalue weighted by molar-refractivity contribution is 7.91. The molecule has 0 aliphatic heterocycles. The molecule has 3 aromatic rings. The number of sulfone groups is 1. The number of benzene rings is 3. The molecule has 0 heterocycles. The van der Waals surface area contributed by atoms with Gasteiger partial charge in [0.2, 0.25) is 9.84 Å². The average molecular weight is 452 g/mol. The van der Waals surface area contributed by atoms with E-state index in [1.54, 1.807) is 30.3 Å².